The third kappa shape index (κ3) is 3.79. The van der Waals surface area contributed by atoms with E-state index < -0.39 is 5.97 Å². The largest absolute Gasteiger partial charge is 0.478 e. The minimum Gasteiger partial charge on any atom is -0.478 e. The Balaban J connectivity index is 1.78. The Kier molecular flexibility index (Phi) is 5.20. The molecule has 1 aromatic carbocycles. The fraction of sp³-hybridized carbons (Fsp3) is 0.368. The van der Waals surface area contributed by atoms with Gasteiger partial charge in [-0.3, -0.25) is 9.88 Å². The molecule has 1 aromatic heterocycles. The number of aromatic carboxylic acids is 1. The number of rotatable bonds is 5. The van der Waals surface area contributed by atoms with E-state index in [0.29, 0.717) is 24.2 Å². The van der Waals surface area contributed by atoms with Gasteiger partial charge in [0.05, 0.1) is 11.3 Å². The number of halogens is 1. The van der Waals surface area contributed by atoms with Crippen LogP contribution in [-0.4, -0.2) is 33.5 Å². The van der Waals surface area contributed by atoms with Crippen LogP contribution in [0.15, 0.2) is 42.6 Å². The lowest BCUT2D eigenvalue weighted by Crippen LogP contribution is -2.41. The molecule has 126 valence electrons. The van der Waals surface area contributed by atoms with E-state index in [1.807, 2.05) is 12.1 Å². The van der Waals surface area contributed by atoms with Gasteiger partial charge in [0, 0.05) is 18.8 Å². The van der Waals surface area contributed by atoms with Gasteiger partial charge in [0.25, 0.3) is 0 Å². The van der Waals surface area contributed by atoms with Crippen LogP contribution in [0.5, 0.6) is 0 Å². The topological polar surface area (TPSA) is 53.4 Å². The molecule has 1 N–H and O–H groups in total. The molecule has 1 aliphatic rings. The fourth-order valence-electron chi connectivity index (χ4n) is 3.37. The summed E-state index contributed by atoms with van der Waals surface area (Å²) in [6.45, 7) is 1.37. The molecule has 1 aliphatic heterocycles. The van der Waals surface area contributed by atoms with Gasteiger partial charge in [-0.15, -0.1) is 0 Å². The van der Waals surface area contributed by atoms with E-state index in [0.717, 1.165) is 25.8 Å². The number of hydrogen-bond donors (Lipinski definition) is 1. The standard InChI is InChI=1S/C19H21FN2O2/c20-17-9-2-1-6-14(17)12-15-7-3-4-11-22(15)13-18-16(19(23)24)8-5-10-21-18/h1-2,5-6,8-10,15H,3-4,7,11-13H2,(H,23,24). The SMILES string of the molecule is O=C(O)c1cccnc1CN1CCCCC1Cc1ccccc1F. The van der Waals surface area contributed by atoms with Crippen LogP contribution in [-0.2, 0) is 13.0 Å². The van der Waals surface area contributed by atoms with Crippen molar-refractivity contribution in [2.75, 3.05) is 6.54 Å². The van der Waals surface area contributed by atoms with E-state index in [-0.39, 0.29) is 17.4 Å². The van der Waals surface area contributed by atoms with E-state index in [2.05, 4.69) is 9.88 Å². The zero-order valence-electron chi connectivity index (χ0n) is 13.5. The van der Waals surface area contributed by atoms with Crippen LogP contribution in [0.1, 0.15) is 40.9 Å². The molecule has 1 saturated heterocycles. The highest BCUT2D eigenvalue weighted by molar-refractivity contribution is 5.88. The van der Waals surface area contributed by atoms with Crippen LogP contribution < -0.4 is 0 Å². The van der Waals surface area contributed by atoms with E-state index in [9.17, 15) is 14.3 Å². The monoisotopic (exact) mass is 328 g/mol. The molecule has 0 radical (unpaired) electrons. The Bertz CT molecular complexity index is 720. The molecule has 1 atom stereocenters. The van der Waals surface area contributed by atoms with Crippen molar-refractivity contribution in [2.24, 2.45) is 0 Å². The summed E-state index contributed by atoms with van der Waals surface area (Å²) in [4.78, 5) is 17.9. The first-order valence-electron chi connectivity index (χ1n) is 8.30. The number of pyridine rings is 1. The second-order valence-electron chi connectivity index (χ2n) is 6.22. The molecule has 0 aliphatic carbocycles. The van der Waals surface area contributed by atoms with Crippen molar-refractivity contribution in [1.82, 2.24) is 9.88 Å². The Morgan fingerprint density at radius 1 is 1.25 bits per heavy atom. The molecular weight excluding hydrogens is 307 g/mol. The highest BCUT2D eigenvalue weighted by Gasteiger charge is 2.25. The number of piperidine rings is 1. The van der Waals surface area contributed by atoms with Crippen molar-refractivity contribution >= 4 is 5.97 Å². The van der Waals surface area contributed by atoms with Gasteiger partial charge < -0.3 is 5.11 Å². The number of likely N-dealkylation sites (tertiary alicyclic amines) is 1. The zero-order chi connectivity index (χ0) is 16.9. The summed E-state index contributed by atoms with van der Waals surface area (Å²) in [7, 11) is 0. The van der Waals surface area contributed by atoms with Crippen molar-refractivity contribution in [3.63, 3.8) is 0 Å². The van der Waals surface area contributed by atoms with Gasteiger partial charge in [0.2, 0.25) is 0 Å². The van der Waals surface area contributed by atoms with Gasteiger partial charge in [0.15, 0.2) is 0 Å². The van der Waals surface area contributed by atoms with Gasteiger partial charge in [-0.25, -0.2) is 9.18 Å². The number of aromatic nitrogens is 1. The van der Waals surface area contributed by atoms with Gasteiger partial charge in [-0.05, 0) is 49.6 Å². The van der Waals surface area contributed by atoms with E-state index in [1.54, 1.807) is 24.4 Å². The lowest BCUT2D eigenvalue weighted by molar-refractivity contribution is 0.0691. The molecule has 5 heteroatoms. The third-order valence-corrected chi connectivity index (χ3v) is 4.64. The Labute approximate surface area is 141 Å². The molecule has 0 saturated carbocycles. The van der Waals surface area contributed by atoms with Crippen LogP contribution in [0.25, 0.3) is 0 Å². The van der Waals surface area contributed by atoms with Crippen LogP contribution >= 0.6 is 0 Å². The molecule has 0 amide bonds. The molecule has 0 bridgehead atoms. The maximum atomic E-state index is 14.0. The Morgan fingerprint density at radius 3 is 2.88 bits per heavy atom. The number of carboxylic acid groups (broad SMARTS) is 1. The second-order valence-corrected chi connectivity index (χ2v) is 6.22. The summed E-state index contributed by atoms with van der Waals surface area (Å²) in [6.07, 6.45) is 5.44. The fourth-order valence-corrected chi connectivity index (χ4v) is 3.37. The number of nitrogens with zero attached hydrogens (tertiary/aromatic N) is 2. The molecule has 0 spiro atoms. The smallest absolute Gasteiger partial charge is 0.337 e. The number of benzene rings is 1. The summed E-state index contributed by atoms with van der Waals surface area (Å²) in [5, 5.41) is 9.32. The number of hydrogen-bond acceptors (Lipinski definition) is 3. The average molecular weight is 328 g/mol. The Morgan fingerprint density at radius 2 is 2.08 bits per heavy atom. The lowest BCUT2D eigenvalue weighted by Gasteiger charge is -2.36. The van der Waals surface area contributed by atoms with Crippen LogP contribution in [0.4, 0.5) is 4.39 Å². The molecule has 24 heavy (non-hydrogen) atoms. The number of carboxylic acids is 1. The normalized spacial score (nSPS) is 18.5. The van der Waals surface area contributed by atoms with Crippen LogP contribution in [0.3, 0.4) is 0 Å². The van der Waals surface area contributed by atoms with Crippen molar-refractivity contribution in [3.05, 3.63) is 65.2 Å². The van der Waals surface area contributed by atoms with Crippen molar-refractivity contribution in [1.29, 1.82) is 0 Å². The maximum Gasteiger partial charge on any atom is 0.337 e. The predicted molar refractivity (Wildman–Crippen MR) is 89.3 cm³/mol. The van der Waals surface area contributed by atoms with E-state index in [4.69, 9.17) is 0 Å². The first-order valence-corrected chi connectivity index (χ1v) is 8.30. The predicted octanol–water partition coefficient (Wildman–Crippen LogP) is 3.52. The summed E-state index contributed by atoms with van der Waals surface area (Å²) >= 11 is 0. The first-order chi connectivity index (χ1) is 11.6. The number of carbonyl (C=O) groups is 1. The maximum absolute atomic E-state index is 14.0. The van der Waals surface area contributed by atoms with Gasteiger partial charge >= 0.3 is 5.97 Å². The van der Waals surface area contributed by atoms with Gasteiger partial charge in [-0.1, -0.05) is 24.6 Å². The molecule has 2 aromatic rings. The molecule has 1 fully saturated rings. The highest BCUT2D eigenvalue weighted by atomic mass is 19.1. The van der Waals surface area contributed by atoms with E-state index >= 15 is 0 Å². The van der Waals surface area contributed by atoms with Crippen molar-refractivity contribution in [2.45, 2.75) is 38.3 Å². The lowest BCUT2D eigenvalue weighted by atomic mass is 9.95. The van der Waals surface area contributed by atoms with Gasteiger partial charge in [0.1, 0.15) is 5.82 Å². The molecule has 1 unspecified atom stereocenters. The van der Waals surface area contributed by atoms with Gasteiger partial charge in [-0.2, -0.15) is 0 Å². The first kappa shape index (κ1) is 16.6. The van der Waals surface area contributed by atoms with E-state index in [1.165, 1.54) is 6.07 Å². The summed E-state index contributed by atoms with van der Waals surface area (Å²) < 4.78 is 14.0. The molecule has 2 heterocycles. The quantitative estimate of drug-likeness (QED) is 0.912. The summed E-state index contributed by atoms with van der Waals surface area (Å²) in [5.41, 5.74) is 1.53. The minimum absolute atomic E-state index is 0.174. The van der Waals surface area contributed by atoms with Crippen molar-refractivity contribution in [3.8, 4) is 0 Å². The second kappa shape index (κ2) is 7.53. The summed E-state index contributed by atoms with van der Waals surface area (Å²) in [6, 6.07) is 10.3. The molecule has 4 nitrogen and oxygen atoms in total. The third-order valence-electron chi connectivity index (χ3n) is 4.64. The zero-order valence-corrected chi connectivity index (χ0v) is 13.5. The van der Waals surface area contributed by atoms with Crippen LogP contribution in [0.2, 0.25) is 0 Å². The minimum atomic E-state index is -0.958. The van der Waals surface area contributed by atoms with Crippen LogP contribution in [0, 0.1) is 5.82 Å². The Hall–Kier alpha value is -2.27. The average Bonchev–Trinajstić information content (AvgIpc) is 2.59. The molecular formula is C19H21FN2O2. The molecule has 3 rings (SSSR count). The van der Waals surface area contributed by atoms with Crippen molar-refractivity contribution < 1.29 is 14.3 Å². The summed E-state index contributed by atoms with van der Waals surface area (Å²) in [5.74, 6) is -1.13. The highest BCUT2D eigenvalue weighted by Crippen LogP contribution is 2.24.